The van der Waals surface area contributed by atoms with Crippen LogP contribution in [0.15, 0.2) is 42.5 Å². The van der Waals surface area contributed by atoms with Gasteiger partial charge in [-0.1, -0.05) is 30.3 Å². The van der Waals surface area contributed by atoms with Crippen LogP contribution in [0.1, 0.15) is 37.5 Å². The van der Waals surface area contributed by atoms with Crippen molar-refractivity contribution in [3.05, 3.63) is 47.3 Å². The number of carbonyl (C=O) groups is 1. The summed E-state index contributed by atoms with van der Waals surface area (Å²) in [7, 11) is 0. The Kier molecular flexibility index (Phi) is 10.8. The second-order valence-corrected chi connectivity index (χ2v) is 10.5. The Bertz CT molecular complexity index is 937. The largest absolute Gasteiger partial charge is 0.394 e. The molecule has 1 aromatic heterocycles. The normalized spacial score (nSPS) is 26.8. The van der Waals surface area contributed by atoms with Crippen LogP contribution in [0.5, 0.6) is 0 Å². The molecule has 0 bridgehead atoms. The van der Waals surface area contributed by atoms with Crippen molar-refractivity contribution in [1.82, 2.24) is 5.32 Å². The summed E-state index contributed by atoms with van der Waals surface area (Å²) in [5, 5.41) is 62.6. The molecule has 3 rings (SSSR count). The van der Waals surface area contributed by atoms with Crippen molar-refractivity contribution in [1.29, 1.82) is 0 Å². The Morgan fingerprint density at radius 3 is 2.39 bits per heavy atom. The fraction of sp³-hybridized carbons (Fsp3) is 0.577. The summed E-state index contributed by atoms with van der Waals surface area (Å²) in [4.78, 5) is 15.0. The molecule has 1 fully saturated rings. The van der Waals surface area contributed by atoms with Crippen LogP contribution in [0.2, 0.25) is 0 Å². The zero-order valence-corrected chi connectivity index (χ0v) is 21.1. The third-order valence-corrected chi connectivity index (χ3v) is 7.75. The molecular weight excluding hydrogens is 486 g/mol. The van der Waals surface area contributed by atoms with Crippen LogP contribution in [0, 0.1) is 0 Å². The van der Waals surface area contributed by atoms with Crippen molar-refractivity contribution in [2.45, 2.75) is 87.8 Å². The molecule has 200 valence electrons. The Labute approximate surface area is 215 Å². The molecule has 1 aliphatic rings. The number of hydrogen-bond acceptors (Lipinski definition) is 9. The Morgan fingerprint density at radius 1 is 1.03 bits per heavy atom. The molecule has 0 aliphatic carbocycles. The van der Waals surface area contributed by atoms with Gasteiger partial charge in [0.05, 0.1) is 31.0 Å². The van der Waals surface area contributed by atoms with E-state index in [0.717, 1.165) is 12.0 Å². The van der Waals surface area contributed by atoms with Gasteiger partial charge >= 0.3 is 0 Å². The summed E-state index contributed by atoms with van der Waals surface area (Å²) in [6.07, 6.45) is -6.78. The van der Waals surface area contributed by atoms with Crippen LogP contribution in [0.3, 0.4) is 0 Å². The topological polar surface area (TPSA) is 160 Å². The Hall–Kier alpha value is -1.89. The smallest absolute Gasteiger partial charge is 0.220 e. The van der Waals surface area contributed by atoms with Gasteiger partial charge in [-0.2, -0.15) is 0 Å². The molecule has 9 nitrogen and oxygen atoms in total. The van der Waals surface area contributed by atoms with Crippen LogP contribution >= 0.6 is 11.3 Å². The fourth-order valence-corrected chi connectivity index (χ4v) is 5.45. The lowest BCUT2D eigenvalue weighted by atomic mass is 9.90. The van der Waals surface area contributed by atoms with Crippen molar-refractivity contribution in [3.63, 3.8) is 0 Å². The highest BCUT2D eigenvalue weighted by atomic mass is 32.1. The van der Waals surface area contributed by atoms with E-state index in [0.29, 0.717) is 6.42 Å². The van der Waals surface area contributed by atoms with E-state index < -0.39 is 55.4 Å². The van der Waals surface area contributed by atoms with Crippen LogP contribution in [-0.2, 0) is 16.0 Å². The van der Waals surface area contributed by atoms with Crippen LogP contribution in [-0.4, -0.2) is 91.9 Å². The van der Waals surface area contributed by atoms with Gasteiger partial charge in [-0.05, 0) is 50.3 Å². The highest BCUT2D eigenvalue weighted by Gasteiger charge is 2.43. The molecule has 0 radical (unpaired) electrons. The number of carbonyl (C=O) groups excluding carboxylic acids is 1. The van der Waals surface area contributed by atoms with Crippen LogP contribution in [0.4, 0.5) is 0 Å². The third-order valence-electron chi connectivity index (χ3n) is 6.55. The highest BCUT2D eigenvalue weighted by molar-refractivity contribution is 7.15. The molecule has 1 aromatic carbocycles. The fourth-order valence-electron chi connectivity index (χ4n) is 4.40. The number of aliphatic hydroxyl groups is 6. The van der Waals surface area contributed by atoms with E-state index in [-0.39, 0.29) is 25.2 Å². The first-order valence-electron chi connectivity index (χ1n) is 12.3. The molecule has 1 aliphatic heterocycles. The maximum atomic E-state index is 12.6. The molecule has 2 heterocycles. The van der Waals surface area contributed by atoms with E-state index >= 15 is 0 Å². The predicted molar refractivity (Wildman–Crippen MR) is 135 cm³/mol. The van der Waals surface area contributed by atoms with Gasteiger partial charge in [0, 0.05) is 16.2 Å². The molecule has 36 heavy (non-hydrogen) atoms. The highest BCUT2D eigenvalue weighted by Crippen LogP contribution is 2.29. The zero-order valence-electron chi connectivity index (χ0n) is 20.3. The molecular formula is C26H37NO8S. The first-order valence-corrected chi connectivity index (χ1v) is 13.1. The van der Waals surface area contributed by atoms with Gasteiger partial charge in [-0.25, -0.2) is 0 Å². The molecule has 0 spiro atoms. The average molecular weight is 524 g/mol. The van der Waals surface area contributed by atoms with Crippen molar-refractivity contribution in [2.24, 2.45) is 0 Å². The number of hydrogen-bond donors (Lipinski definition) is 7. The minimum Gasteiger partial charge on any atom is -0.394 e. The SMILES string of the molecule is CC(O)C(O)C(CCC1OC(CO)C(O)C(O)C1O)NC(=O)CCCc1ccc(-c2ccccc2)s1. The molecule has 1 amide bonds. The number of aliphatic hydroxyl groups excluding tert-OH is 6. The molecule has 1 saturated heterocycles. The van der Waals surface area contributed by atoms with Gasteiger partial charge in [0.1, 0.15) is 24.4 Å². The second-order valence-electron chi connectivity index (χ2n) is 9.34. The van der Waals surface area contributed by atoms with Crippen molar-refractivity contribution >= 4 is 17.2 Å². The lowest BCUT2D eigenvalue weighted by molar-refractivity contribution is -0.231. The van der Waals surface area contributed by atoms with Crippen LogP contribution in [0.25, 0.3) is 10.4 Å². The van der Waals surface area contributed by atoms with E-state index in [1.165, 1.54) is 16.7 Å². The third kappa shape index (κ3) is 7.56. The second kappa shape index (κ2) is 13.6. The van der Waals surface area contributed by atoms with Crippen molar-refractivity contribution in [2.75, 3.05) is 6.61 Å². The Morgan fingerprint density at radius 2 is 1.72 bits per heavy atom. The van der Waals surface area contributed by atoms with Crippen molar-refractivity contribution in [3.8, 4) is 10.4 Å². The number of amides is 1. The van der Waals surface area contributed by atoms with Gasteiger partial charge in [0.15, 0.2) is 0 Å². The molecule has 10 heteroatoms. The number of nitrogens with one attached hydrogen (secondary N) is 1. The summed E-state index contributed by atoms with van der Waals surface area (Å²) in [6, 6.07) is 13.4. The summed E-state index contributed by atoms with van der Waals surface area (Å²) in [5.41, 5.74) is 1.15. The monoisotopic (exact) mass is 523 g/mol. The van der Waals surface area contributed by atoms with Gasteiger partial charge in [0.2, 0.25) is 5.91 Å². The number of ether oxygens (including phenoxy) is 1. The van der Waals surface area contributed by atoms with E-state index in [2.05, 4.69) is 29.6 Å². The summed E-state index contributed by atoms with van der Waals surface area (Å²) < 4.78 is 5.51. The van der Waals surface area contributed by atoms with E-state index in [9.17, 15) is 35.4 Å². The summed E-state index contributed by atoms with van der Waals surface area (Å²) in [5.74, 6) is -0.270. The number of aryl methyl sites for hydroxylation is 1. The minimum atomic E-state index is -1.49. The van der Waals surface area contributed by atoms with E-state index in [1.807, 2.05) is 18.2 Å². The van der Waals surface area contributed by atoms with E-state index in [4.69, 9.17) is 4.74 Å². The molecule has 8 unspecified atom stereocenters. The first kappa shape index (κ1) is 28.7. The first-order chi connectivity index (χ1) is 17.2. The maximum Gasteiger partial charge on any atom is 0.220 e. The lowest BCUT2D eigenvalue weighted by Crippen LogP contribution is -2.58. The quantitative estimate of drug-likeness (QED) is 0.213. The number of rotatable bonds is 12. The summed E-state index contributed by atoms with van der Waals surface area (Å²) in [6.45, 7) is 0.883. The molecule has 2 aromatic rings. The lowest BCUT2D eigenvalue weighted by Gasteiger charge is -2.40. The van der Waals surface area contributed by atoms with E-state index in [1.54, 1.807) is 11.3 Å². The predicted octanol–water partition coefficient (Wildman–Crippen LogP) is 0.587. The minimum absolute atomic E-state index is 0.119. The number of thiophene rings is 1. The average Bonchev–Trinajstić information content (AvgIpc) is 3.35. The standard InChI is InChI=1S/C26H37NO8S/c1-15(29)23(31)18(11-12-19-24(32)26(34)25(33)20(14-28)35-19)27-22(30)9-5-8-17-10-13-21(36-17)16-6-3-2-4-7-16/h2-4,6-7,10,13,15,18-20,23-26,28-29,31-34H,5,8-9,11-12,14H2,1H3,(H,27,30). The van der Waals surface area contributed by atoms with Gasteiger partial charge < -0.3 is 40.7 Å². The molecule has 0 saturated carbocycles. The molecule has 7 N–H and O–H groups in total. The Balaban J connectivity index is 1.51. The van der Waals surface area contributed by atoms with Crippen molar-refractivity contribution < 1.29 is 40.2 Å². The molecule has 8 atom stereocenters. The zero-order chi connectivity index (χ0) is 26.2. The van der Waals surface area contributed by atoms with Gasteiger partial charge in [-0.15, -0.1) is 11.3 Å². The number of benzene rings is 1. The van der Waals surface area contributed by atoms with Crippen LogP contribution < -0.4 is 5.32 Å². The summed E-state index contributed by atoms with van der Waals surface area (Å²) >= 11 is 1.69. The maximum absolute atomic E-state index is 12.6. The van der Waals surface area contributed by atoms with Gasteiger partial charge in [0.25, 0.3) is 0 Å². The van der Waals surface area contributed by atoms with Gasteiger partial charge in [-0.3, -0.25) is 4.79 Å².